The van der Waals surface area contributed by atoms with Crippen LogP contribution in [0.15, 0.2) is 24.3 Å². The topological polar surface area (TPSA) is 41.6 Å². The summed E-state index contributed by atoms with van der Waals surface area (Å²) in [5.74, 6) is 1.54. The van der Waals surface area contributed by atoms with Crippen molar-refractivity contribution in [3.05, 3.63) is 29.8 Å². The van der Waals surface area contributed by atoms with Crippen LogP contribution < -0.4 is 10.1 Å². The van der Waals surface area contributed by atoms with Gasteiger partial charge in [-0.2, -0.15) is 0 Å². The molecule has 1 aromatic rings. The Bertz CT molecular complexity index is 540. The Morgan fingerprint density at radius 2 is 1.84 bits per heavy atom. The Labute approximate surface area is 152 Å². The van der Waals surface area contributed by atoms with Gasteiger partial charge in [0.25, 0.3) is 5.91 Å². The molecule has 0 bridgehead atoms. The maximum Gasteiger partial charge on any atom is 0.263 e. The predicted octanol–water partition coefficient (Wildman–Crippen LogP) is 3.60. The maximum absolute atomic E-state index is 12.6. The predicted molar refractivity (Wildman–Crippen MR) is 103 cm³/mol. The highest BCUT2D eigenvalue weighted by Gasteiger charge is 2.27. The fraction of sp³-hybridized carbons (Fsp3) is 0.667. The van der Waals surface area contributed by atoms with Crippen LogP contribution in [-0.2, 0) is 10.2 Å². The van der Waals surface area contributed by atoms with E-state index in [1.807, 2.05) is 24.0 Å². The van der Waals surface area contributed by atoms with Crippen LogP contribution >= 0.6 is 0 Å². The molecule has 1 aliphatic heterocycles. The lowest BCUT2D eigenvalue weighted by molar-refractivity contribution is -0.139. The molecule has 1 atom stereocenters. The highest BCUT2D eigenvalue weighted by atomic mass is 16.5. The lowest BCUT2D eigenvalue weighted by Crippen LogP contribution is -2.45. The van der Waals surface area contributed by atoms with E-state index >= 15 is 0 Å². The number of piperidine rings is 1. The van der Waals surface area contributed by atoms with Crippen LogP contribution in [0.1, 0.15) is 53.0 Å². The summed E-state index contributed by atoms with van der Waals surface area (Å²) in [6.45, 7) is 14.3. The molecule has 1 heterocycles. The van der Waals surface area contributed by atoms with E-state index in [0.29, 0.717) is 5.92 Å². The molecule has 140 valence electrons. The van der Waals surface area contributed by atoms with Gasteiger partial charge in [-0.25, -0.2) is 0 Å². The second-order valence-corrected chi connectivity index (χ2v) is 8.11. The van der Waals surface area contributed by atoms with Crippen LogP contribution in [0.3, 0.4) is 0 Å². The first-order chi connectivity index (χ1) is 11.8. The number of hydrogen-bond donors (Lipinski definition) is 1. The number of carbonyl (C=O) groups excluding carboxylic acids is 1. The minimum absolute atomic E-state index is 0.0989. The molecule has 1 unspecified atom stereocenters. The SMILES string of the molecule is CCNCC1CCN(C(=O)C(C)Oc2ccc(C(C)(C)C)cc2)CC1. The van der Waals surface area contributed by atoms with Crippen LogP contribution in [0.2, 0.25) is 0 Å². The summed E-state index contributed by atoms with van der Waals surface area (Å²) in [5, 5.41) is 3.40. The molecule has 1 saturated heterocycles. The third-order valence-electron chi connectivity index (χ3n) is 4.99. The van der Waals surface area contributed by atoms with Crippen LogP contribution in [-0.4, -0.2) is 43.1 Å². The zero-order valence-corrected chi connectivity index (χ0v) is 16.5. The van der Waals surface area contributed by atoms with Crippen molar-refractivity contribution in [2.24, 2.45) is 5.92 Å². The standard InChI is InChI=1S/C21H34N2O2/c1-6-22-15-17-11-13-23(14-12-17)20(24)16(2)25-19-9-7-18(8-10-19)21(3,4)5/h7-10,16-17,22H,6,11-15H2,1-5H3. The Hall–Kier alpha value is -1.55. The van der Waals surface area contributed by atoms with Gasteiger partial charge in [-0.05, 0) is 61.9 Å². The molecule has 1 amide bonds. The van der Waals surface area contributed by atoms with Gasteiger partial charge >= 0.3 is 0 Å². The maximum atomic E-state index is 12.6. The minimum Gasteiger partial charge on any atom is -0.481 e. The smallest absolute Gasteiger partial charge is 0.263 e. The molecule has 0 spiro atoms. The van der Waals surface area contributed by atoms with Crippen molar-refractivity contribution >= 4 is 5.91 Å². The Balaban J connectivity index is 1.84. The molecule has 25 heavy (non-hydrogen) atoms. The number of benzene rings is 1. The van der Waals surface area contributed by atoms with Crippen LogP contribution in [0, 0.1) is 5.92 Å². The third-order valence-corrected chi connectivity index (χ3v) is 4.99. The number of ether oxygens (including phenoxy) is 1. The van der Waals surface area contributed by atoms with Gasteiger partial charge < -0.3 is 15.0 Å². The summed E-state index contributed by atoms with van der Waals surface area (Å²) in [6, 6.07) is 8.09. The lowest BCUT2D eigenvalue weighted by Gasteiger charge is -2.33. The van der Waals surface area contributed by atoms with Gasteiger partial charge in [-0.1, -0.05) is 39.8 Å². The number of carbonyl (C=O) groups is 1. The van der Waals surface area contributed by atoms with Gasteiger partial charge in [0, 0.05) is 13.1 Å². The number of nitrogens with zero attached hydrogens (tertiary/aromatic N) is 1. The Morgan fingerprint density at radius 1 is 1.24 bits per heavy atom. The van der Waals surface area contributed by atoms with Crippen molar-refractivity contribution in [3.8, 4) is 5.75 Å². The Morgan fingerprint density at radius 3 is 2.36 bits per heavy atom. The van der Waals surface area contributed by atoms with Gasteiger partial charge in [0.2, 0.25) is 0 Å². The van der Waals surface area contributed by atoms with E-state index in [0.717, 1.165) is 44.8 Å². The number of hydrogen-bond acceptors (Lipinski definition) is 3. The molecule has 0 radical (unpaired) electrons. The van der Waals surface area contributed by atoms with E-state index in [1.165, 1.54) is 5.56 Å². The average molecular weight is 347 g/mol. The van der Waals surface area contributed by atoms with E-state index in [9.17, 15) is 4.79 Å². The van der Waals surface area contributed by atoms with Gasteiger partial charge in [0.05, 0.1) is 0 Å². The number of amides is 1. The number of likely N-dealkylation sites (tertiary alicyclic amines) is 1. The molecule has 4 nitrogen and oxygen atoms in total. The van der Waals surface area contributed by atoms with Crippen molar-refractivity contribution < 1.29 is 9.53 Å². The summed E-state index contributed by atoms with van der Waals surface area (Å²) >= 11 is 0. The summed E-state index contributed by atoms with van der Waals surface area (Å²) in [7, 11) is 0. The molecular formula is C21H34N2O2. The normalized spacial score (nSPS) is 17.4. The molecule has 1 N–H and O–H groups in total. The summed E-state index contributed by atoms with van der Waals surface area (Å²) < 4.78 is 5.89. The minimum atomic E-state index is -0.439. The first kappa shape index (κ1) is 19.8. The fourth-order valence-corrected chi connectivity index (χ4v) is 3.25. The molecule has 0 aromatic heterocycles. The van der Waals surface area contributed by atoms with E-state index in [1.54, 1.807) is 0 Å². The second-order valence-electron chi connectivity index (χ2n) is 8.11. The average Bonchev–Trinajstić information content (AvgIpc) is 2.59. The van der Waals surface area contributed by atoms with Crippen LogP contribution in [0.5, 0.6) is 5.75 Å². The van der Waals surface area contributed by atoms with E-state index in [4.69, 9.17) is 4.74 Å². The van der Waals surface area contributed by atoms with Crippen molar-refractivity contribution in [2.45, 2.75) is 59.0 Å². The quantitative estimate of drug-likeness (QED) is 0.856. The highest BCUT2D eigenvalue weighted by Crippen LogP contribution is 2.25. The third kappa shape index (κ3) is 5.74. The van der Waals surface area contributed by atoms with Crippen LogP contribution in [0.4, 0.5) is 0 Å². The largest absolute Gasteiger partial charge is 0.481 e. The van der Waals surface area contributed by atoms with Crippen molar-refractivity contribution in [3.63, 3.8) is 0 Å². The molecule has 0 saturated carbocycles. The van der Waals surface area contributed by atoms with E-state index < -0.39 is 6.10 Å². The zero-order chi connectivity index (χ0) is 18.4. The van der Waals surface area contributed by atoms with Crippen LogP contribution in [0.25, 0.3) is 0 Å². The molecule has 1 aromatic carbocycles. The first-order valence-corrected chi connectivity index (χ1v) is 9.58. The monoisotopic (exact) mass is 346 g/mol. The number of nitrogens with one attached hydrogen (secondary N) is 1. The highest BCUT2D eigenvalue weighted by molar-refractivity contribution is 5.81. The molecular weight excluding hydrogens is 312 g/mol. The van der Waals surface area contributed by atoms with Crippen molar-refractivity contribution in [1.29, 1.82) is 0 Å². The number of rotatable bonds is 6. The summed E-state index contributed by atoms with van der Waals surface area (Å²) in [6.07, 6.45) is 1.71. The van der Waals surface area contributed by atoms with Crippen molar-refractivity contribution in [1.82, 2.24) is 10.2 Å². The molecule has 4 heteroatoms. The van der Waals surface area contributed by atoms with Gasteiger partial charge in [0.15, 0.2) is 6.10 Å². The summed E-state index contributed by atoms with van der Waals surface area (Å²) in [5.41, 5.74) is 1.39. The molecule has 1 fully saturated rings. The zero-order valence-electron chi connectivity index (χ0n) is 16.5. The molecule has 0 aliphatic carbocycles. The second kappa shape index (κ2) is 8.70. The van der Waals surface area contributed by atoms with Crippen molar-refractivity contribution in [2.75, 3.05) is 26.2 Å². The lowest BCUT2D eigenvalue weighted by atomic mass is 9.87. The Kier molecular flexibility index (Phi) is 6.88. The fourth-order valence-electron chi connectivity index (χ4n) is 3.25. The summed E-state index contributed by atoms with van der Waals surface area (Å²) in [4.78, 5) is 14.6. The molecule has 2 rings (SSSR count). The van der Waals surface area contributed by atoms with Gasteiger partial charge in [0.1, 0.15) is 5.75 Å². The van der Waals surface area contributed by atoms with Gasteiger partial charge in [-0.15, -0.1) is 0 Å². The van der Waals surface area contributed by atoms with Gasteiger partial charge in [-0.3, -0.25) is 4.79 Å². The van der Waals surface area contributed by atoms with E-state index in [-0.39, 0.29) is 11.3 Å². The van der Waals surface area contributed by atoms with E-state index in [2.05, 4.69) is 45.1 Å². The first-order valence-electron chi connectivity index (χ1n) is 9.58. The molecule has 1 aliphatic rings.